The maximum Gasteiger partial charge on any atom is 0.335 e. The number of carboxylic acids is 2. The van der Waals surface area contributed by atoms with E-state index in [-0.39, 0.29) is 11.1 Å². The van der Waals surface area contributed by atoms with E-state index < -0.39 is 11.9 Å². The highest BCUT2D eigenvalue weighted by Gasteiger charge is 2.15. The summed E-state index contributed by atoms with van der Waals surface area (Å²) in [5.41, 5.74) is 5.55. The van der Waals surface area contributed by atoms with Crippen LogP contribution < -0.4 is 9.47 Å². The van der Waals surface area contributed by atoms with Crippen molar-refractivity contribution in [3.05, 3.63) is 118 Å². The second kappa shape index (κ2) is 10.8. The van der Waals surface area contributed by atoms with Crippen molar-refractivity contribution >= 4 is 11.9 Å². The third-order valence-corrected chi connectivity index (χ3v) is 6.16. The van der Waals surface area contributed by atoms with Crippen LogP contribution in [-0.4, -0.2) is 36.4 Å². The van der Waals surface area contributed by atoms with Crippen LogP contribution in [0.25, 0.3) is 11.1 Å². The Balaban J connectivity index is 1.64. The number of hydrogen-bond donors (Lipinski definition) is 2. The summed E-state index contributed by atoms with van der Waals surface area (Å²) in [5, 5.41) is 19.0. The Morgan fingerprint density at radius 2 is 0.972 bits per heavy atom. The molecule has 0 bridgehead atoms. The highest BCUT2D eigenvalue weighted by molar-refractivity contribution is 5.90. The molecule has 0 radical (unpaired) electrons. The number of ether oxygens (including phenoxy) is 2. The molecule has 0 fully saturated rings. The molecule has 0 aliphatic carbocycles. The fraction of sp³-hybridized carbons (Fsp3) is 0.133. The molecule has 0 saturated carbocycles. The maximum absolute atomic E-state index is 11.6. The molecule has 0 amide bonds. The fourth-order valence-corrected chi connectivity index (χ4v) is 4.32. The number of aromatic carboxylic acids is 2. The van der Waals surface area contributed by atoms with Gasteiger partial charge in [-0.05, 0) is 57.6 Å². The van der Waals surface area contributed by atoms with E-state index in [1.165, 1.54) is 0 Å². The third kappa shape index (κ3) is 5.23. The Kier molecular flexibility index (Phi) is 7.35. The van der Waals surface area contributed by atoms with Gasteiger partial charge in [-0.25, -0.2) is 9.59 Å². The predicted molar refractivity (Wildman–Crippen MR) is 137 cm³/mol. The van der Waals surface area contributed by atoms with Gasteiger partial charge in [-0.2, -0.15) is 0 Å². The van der Waals surface area contributed by atoms with E-state index in [1.54, 1.807) is 38.5 Å². The Hall–Kier alpha value is -4.58. The van der Waals surface area contributed by atoms with Gasteiger partial charge >= 0.3 is 11.9 Å². The van der Waals surface area contributed by atoms with Gasteiger partial charge in [0, 0.05) is 12.8 Å². The third-order valence-electron chi connectivity index (χ3n) is 6.16. The SMILES string of the molecule is COc1cc(-c2ccc(Cc3ccccc3C(=O)O)c(OC)c2)ccc1Cc1ccccc1C(=O)O. The van der Waals surface area contributed by atoms with Gasteiger partial charge in [0.1, 0.15) is 11.5 Å². The van der Waals surface area contributed by atoms with Crippen molar-refractivity contribution in [1.82, 2.24) is 0 Å². The topological polar surface area (TPSA) is 93.1 Å². The average Bonchev–Trinajstić information content (AvgIpc) is 2.89. The zero-order valence-corrected chi connectivity index (χ0v) is 20.0. The fourth-order valence-electron chi connectivity index (χ4n) is 4.32. The van der Waals surface area contributed by atoms with Crippen LogP contribution in [0.2, 0.25) is 0 Å². The van der Waals surface area contributed by atoms with Crippen LogP contribution in [0.5, 0.6) is 11.5 Å². The maximum atomic E-state index is 11.6. The Morgan fingerprint density at radius 3 is 1.33 bits per heavy atom. The molecule has 0 aromatic heterocycles. The molecule has 36 heavy (non-hydrogen) atoms. The van der Waals surface area contributed by atoms with Crippen LogP contribution in [0, 0.1) is 0 Å². The van der Waals surface area contributed by atoms with Gasteiger partial charge in [-0.1, -0.05) is 60.7 Å². The lowest BCUT2D eigenvalue weighted by Gasteiger charge is -2.15. The van der Waals surface area contributed by atoms with Gasteiger partial charge in [-0.3, -0.25) is 0 Å². The van der Waals surface area contributed by atoms with Gasteiger partial charge < -0.3 is 19.7 Å². The molecule has 0 aliphatic heterocycles. The van der Waals surface area contributed by atoms with Gasteiger partial charge in [0.2, 0.25) is 0 Å². The minimum Gasteiger partial charge on any atom is -0.496 e. The first-order valence-corrected chi connectivity index (χ1v) is 11.4. The van der Waals surface area contributed by atoms with Gasteiger partial charge in [0.05, 0.1) is 25.3 Å². The molecule has 6 nitrogen and oxygen atoms in total. The molecular weight excluding hydrogens is 456 g/mol. The minimum absolute atomic E-state index is 0.272. The van der Waals surface area contributed by atoms with Crippen LogP contribution in [0.4, 0.5) is 0 Å². The van der Waals surface area contributed by atoms with Crippen molar-refractivity contribution in [2.45, 2.75) is 12.8 Å². The molecular formula is C30H26O6. The molecule has 0 unspecified atom stereocenters. The monoisotopic (exact) mass is 482 g/mol. The smallest absolute Gasteiger partial charge is 0.335 e. The predicted octanol–water partition coefficient (Wildman–Crippen LogP) is 5.95. The molecule has 4 aromatic rings. The standard InChI is InChI=1S/C30H26O6/c1-35-27-17-19(11-13-23(27)15-21-7-3-5-9-25(21)29(31)32)20-12-14-24(28(18-20)36-2)16-22-8-4-6-10-26(22)30(33)34/h3-14,17-18H,15-16H2,1-2H3,(H,31,32)(H,33,34). The summed E-state index contributed by atoms with van der Waals surface area (Å²) in [4.78, 5) is 23.2. The first kappa shape index (κ1) is 24.5. The number of carboxylic acid groups (broad SMARTS) is 2. The van der Waals surface area contributed by atoms with E-state index in [9.17, 15) is 19.8 Å². The lowest BCUT2D eigenvalue weighted by Crippen LogP contribution is -2.04. The van der Waals surface area contributed by atoms with Gasteiger partial charge in [0.15, 0.2) is 0 Å². The van der Waals surface area contributed by atoms with Crippen molar-refractivity contribution in [2.24, 2.45) is 0 Å². The minimum atomic E-state index is -0.959. The zero-order chi connectivity index (χ0) is 25.7. The quantitative estimate of drug-likeness (QED) is 0.306. The molecule has 0 atom stereocenters. The first-order valence-electron chi connectivity index (χ1n) is 11.4. The largest absolute Gasteiger partial charge is 0.496 e. The van der Waals surface area contributed by atoms with Gasteiger partial charge in [-0.15, -0.1) is 0 Å². The lowest BCUT2D eigenvalue weighted by molar-refractivity contribution is 0.0685. The molecule has 0 spiro atoms. The van der Waals surface area contributed by atoms with E-state index >= 15 is 0 Å². The van der Waals surface area contributed by atoms with Crippen molar-refractivity contribution < 1.29 is 29.3 Å². The molecule has 0 saturated heterocycles. The summed E-state index contributed by atoms with van der Waals surface area (Å²) in [7, 11) is 3.19. The molecule has 4 rings (SSSR count). The zero-order valence-electron chi connectivity index (χ0n) is 20.0. The Bertz CT molecular complexity index is 1310. The average molecular weight is 483 g/mol. The van der Waals surface area contributed by atoms with Crippen LogP contribution in [-0.2, 0) is 12.8 Å². The molecule has 0 aliphatic rings. The number of hydrogen-bond acceptors (Lipinski definition) is 4. The van der Waals surface area contributed by atoms with Crippen LogP contribution in [0.1, 0.15) is 43.0 Å². The number of benzene rings is 4. The second-order valence-corrected chi connectivity index (χ2v) is 8.33. The number of methoxy groups -OCH3 is 2. The van der Waals surface area contributed by atoms with Gasteiger partial charge in [0.25, 0.3) is 0 Å². The molecule has 2 N–H and O–H groups in total. The van der Waals surface area contributed by atoms with Crippen LogP contribution in [0.15, 0.2) is 84.9 Å². The van der Waals surface area contributed by atoms with Crippen LogP contribution >= 0.6 is 0 Å². The highest BCUT2D eigenvalue weighted by Crippen LogP contribution is 2.33. The van der Waals surface area contributed by atoms with Crippen molar-refractivity contribution in [1.29, 1.82) is 0 Å². The van der Waals surface area contributed by atoms with Crippen LogP contribution in [0.3, 0.4) is 0 Å². The number of carbonyl (C=O) groups is 2. The highest BCUT2D eigenvalue weighted by atomic mass is 16.5. The normalized spacial score (nSPS) is 10.6. The van der Waals surface area contributed by atoms with E-state index in [4.69, 9.17) is 9.47 Å². The van der Waals surface area contributed by atoms with E-state index in [1.807, 2.05) is 60.7 Å². The first-order chi connectivity index (χ1) is 17.4. The summed E-state index contributed by atoms with van der Waals surface area (Å²) < 4.78 is 11.3. The van der Waals surface area contributed by atoms with Crippen molar-refractivity contribution in [3.8, 4) is 22.6 Å². The number of rotatable bonds is 9. The molecule has 182 valence electrons. The Morgan fingerprint density at radius 1 is 0.583 bits per heavy atom. The summed E-state index contributed by atoms with van der Waals surface area (Å²) >= 11 is 0. The Labute approximate surface area is 209 Å². The van der Waals surface area contributed by atoms with E-state index in [2.05, 4.69) is 0 Å². The summed E-state index contributed by atoms with van der Waals surface area (Å²) in [6.45, 7) is 0. The summed E-state index contributed by atoms with van der Waals surface area (Å²) in [6.07, 6.45) is 0.855. The van der Waals surface area contributed by atoms with E-state index in [0.29, 0.717) is 35.5 Å². The molecule has 4 aromatic carbocycles. The van der Waals surface area contributed by atoms with E-state index in [0.717, 1.165) is 22.3 Å². The second-order valence-electron chi connectivity index (χ2n) is 8.33. The lowest BCUT2D eigenvalue weighted by atomic mass is 9.94. The van der Waals surface area contributed by atoms with Crippen molar-refractivity contribution in [2.75, 3.05) is 14.2 Å². The molecule has 0 heterocycles. The van der Waals surface area contributed by atoms with Crippen molar-refractivity contribution in [3.63, 3.8) is 0 Å². The summed E-state index contributed by atoms with van der Waals surface area (Å²) in [5.74, 6) is -0.601. The summed E-state index contributed by atoms with van der Waals surface area (Å²) in [6, 6.07) is 25.6. The molecule has 6 heteroatoms.